The summed E-state index contributed by atoms with van der Waals surface area (Å²) in [6.45, 7) is -0.363. The van der Waals surface area contributed by atoms with E-state index in [1.165, 1.54) is 12.1 Å². The first-order valence-corrected chi connectivity index (χ1v) is 10.1. The minimum atomic E-state index is -3.62. The highest BCUT2D eigenvalue weighted by Gasteiger charge is 2.21. The number of nitrogens with one attached hydrogen (secondary N) is 1. The average Bonchev–Trinajstić information content (AvgIpc) is 2.51. The van der Waals surface area contributed by atoms with E-state index in [2.05, 4.69) is 5.32 Å². The second kappa shape index (κ2) is 8.38. The Hall–Kier alpha value is -1.31. The molecule has 2 aromatic carbocycles. The topological polar surface area (TPSA) is 66.5 Å². The van der Waals surface area contributed by atoms with Crippen molar-refractivity contribution in [3.8, 4) is 0 Å². The van der Waals surface area contributed by atoms with E-state index in [1.54, 1.807) is 30.3 Å². The highest BCUT2D eigenvalue weighted by molar-refractivity contribution is 7.88. The summed E-state index contributed by atoms with van der Waals surface area (Å²) in [4.78, 5) is 12.2. The molecule has 0 saturated carbocycles. The predicted octanol–water partition coefficient (Wildman–Crippen LogP) is 4.05. The molecule has 0 bridgehead atoms. The Morgan fingerprint density at radius 3 is 2.32 bits per heavy atom. The first-order chi connectivity index (χ1) is 11.7. The Balaban J connectivity index is 2.13. The van der Waals surface area contributed by atoms with Crippen LogP contribution in [0.3, 0.4) is 0 Å². The zero-order valence-corrected chi connectivity index (χ0v) is 16.3. The van der Waals surface area contributed by atoms with E-state index in [0.717, 1.165) is 10.6 Å². The number of carbonyl (C=O) groups excluding carboxylic acids is 1. The molecule has 0 heterocycles. The second-order valence-electron chi connectivity index (χ2n) is 5.30. The number of amides is 1. The van der Waals surface area contributed by atoms with Crippen LogP contribution in [0.5, 0.6) is 0 Å². The van der Waals surface area contributed by atoms with Crippen LogP contribution in [0.15, 0.2) is 42.5 Å². The molecule has 0 radical (unpaired) electrons. The van der Waals surface area contributed by atoms with Crippen LogP contribution in [0, 0.1) is 0 Å². The molecule has 0 unspecified atom stereocenters. The van der Waals surface area contributed by atoms with E-state index in [0.29, 0.717) is 21.3 Å². The van der Waals surface area contributed by atoms with Gasteiger partial charge < -0.3 is 5.32 Å². The molecule has 0 spiro atoms. The van der Waals surface area contributed by atoms with Gasteiger partial charge in [0.15, 0.2) is 0 Å². The summed E-state index contributed by atoms with van der Waals surface area (Å²) < 4.78 is 25.0. The van der Waals surface area contributed by atoms with Gasteiger partial charge in [0.05, 0.1) is 22.8 Å². The van der Waals surface area contributed by atoms with Crippen molar-refractivity contribution >= 4 is 56.4 Å². The Bertz CT molecular complexity index is 888. The monoisotopic (exact) mass is 420 g/mol. The standard InChI is InChI=1S/C16H15Cl3N2O3S/c1-25(23,24)21(9-11-4-2-3-5-13(11)17)10-16(22)20-12-6-7-14(18)15(19)8-12/h2-8H,9-10H2,1H3,(H,20,22). The highest BCUT2D eigenvalue weighted by Crippen LogP contribution is 2.25. The molecule has 1 amide bonds. The Morgan fingerprint density at radius 1 is 1.04 bits per heavy atom. The molecule has 1 N–H and O–H groups in total. The third-order valence-electron chi connectivity index (χ3n) is 3.30. The van der Waals surface area contributed by atoms with Gasteiger partial charge in [-0.25, -0.2) is 8.42 Å². The summed E-state index contributed by atoms with van der Waals surface area (Å²) in [5, 5.41) is 3.67. The second-order valence-corrected chi connectivity index (χ2v) is 8.50. The molecule has 0 aliphatic rings. The van der Waals surface area contributed by atoms with Crippen molar-refractivity contribution in [2.45, 2.75) is 6.54 Å². The van der Waals surface area contributed by atoms with E-state index in [9.17, 15) is 13.2 Å². The molecule has 25 heavy (non-hydrogen) atoms. The summed E-state index contributed by atoms with van der Waals surface area (Å²) >= 11 is 17.8. The van der Waals surface area contributed by atoms with Gasteiger partial charge in [0.2, 0.25) is 15.9 Å². The number of rotatable bonds is 6. The van der Waals surface area contributed by atoms with Crippen molar-refractivity contribution in [2.24, 2.45) is 0 Å². The van der Waals surface area contributed by atoms with Crippen molar-refractivity contribution in [3.63, 3.8) is 0 Å². The van der Waals surface area contributed by atoms with Crippen molar-refractivity contribution in [3.05, 3.63) is 63.1 Å². The van der Waals surface area contributed by atoms with Gasteiger partial charge in [-0.15, -0.1) is 0 Å². The van der Waals surface area contributed by atoms with E-state index in [-0.39, 0.29) is 18.1 Å². The van der Waals surface area contributed by atoms with E-state index >= 15 is 0 Å². The SMILES string of the molecule is CS(=O)(=O)N(CC(=O)Nc1ccc(Cl)c(Cl)c1)Cc1ccccc1Cl. The molecule has 0 atom stereocenters. The van der Waals surface area contributed by atoms with E-state index in [4.69, 9.17) is 34.8 Å². The highest BCUT2D eigenvalue weighted by atomic mass is 35.5. The summed E-state index contributed by atoms with van der Waals surface area (Å²) in [6.07, 6.45) is 1.04. The smallest absolute Gasteiger partial charge is 0.239 e. The molecule has 0 aliphatic carbocycles. The number of hydrogen-bond donors (Lipinski definition) is 1. The summed E-state index contributed by atoms with van der Waals surface area (Å²) in [7, 11) is -3.62. The fourth-order valence-electron chi connectivity index (χ4n) is 2.04. The van der Waals surface area contributed by atoms with Crippen molar-refractivity contribution < 1.29 is 13.2 Å². The molecular weight excluding hydrogens is 407 g/mol. The maximum absolute atomic E-state index is 12.2. The Kier molecular flexibility index (Phi) is 6.71. The lowest BCUT2D eigenvalue weighted by Crippen LogP contribution is -2.37. The lowest BCUT2D eigenvalue weighted by Gasteiger charge is -2.20. The third kappa shape index (κ3) is 5.87. The summed E-state index contributed by atoms with van der Waals surface area (Å²) in [5.41, 5.74) is 1.03. The van der Waals surface area contributed by atoms with Crippen LogP contribution in [-0.2, 0) is 21.4 Å². The number of benzene rings is 2. The fraction of sp³-hybridized carbons (Fsp3) is 0.188. The lowest BCUT2D eigenvalue weighted by molar-refractivity contribution is -0.116. The first-order valence-electron chi connectivity index (χ1n) is 7.10. The molecule has 5 nitrogen and oxygen atoms in total. The minimum absolute atomic E-state index is 0.00665. The quantitative estimate of drug-likeness (QED) is 0.765. The van der Waals surface area contributed by atoms with Gasteiger partial charge in [-0.1, -0.05) is 53.0 Å². The zero-order chi connectivity index (χ0) is 18.6. The number of halogens is 3. The molecule has 0 aliphatic heterocycles. The van der Waals surface area contributed by atoms with Crippen LogP contribution in [0.1, 0.15) is 5.56 Å². The molecule has 2 aromatic rings. The number of hydrogen-bond acceptors (Lipinski definition) is 3. The molecule has 0 saturated heterocycles. The number of carbonyl (C=O) groups is 1. The summed E-state index contributed by atoms with van der Waals surface area (Å²) in [6, 6.07) is 11.5. The molecule has 2 rings (SSSR count). The van der Waals surface area contributed by atoms with Gasteiger partial charge in [-0.3, -0.25) is 4.79 Å². The fourth-order valence-corrected chi connectivity index (χ4v) is 3.26. The third-order valence-corrected chi connectivity index (χ3v) is 5.60. The number of sulfonamides is 1. The first kappa shape index (κ1) is 20.0. The zero-order valence-electron chi connectivity index (χ0n) is 13.2. The number of nitrogens with zero attached hydrogens (tertiary/aromatic N) is 1. The Labute approximate surface area is 161 Å². The molecule has 0 aromatic heterocycles. The molecular formula is C16H15Cl3N2O3S. The minimum Gasteiger partial charge on any atom is -0.325 e. The normalized spacial score (nSPS) is 11.6. The average molecular weight is 422 g/mol. The van der Waals surface area contributed by atoms with Gasteiger partial charge in [-0.05, 0) is 29.8 Å². The molecule has 134 valence electrons. The van der Waals surface area contributed by atoms with Crippen LogP contribution in [0.4, 0.5) is 5.69 Å². The largest absolute Gasteiger partial charge is 0.325 e. The number of anilines is 1. The lowest BCUT2D eigenvalue weighted by atomic mass is 10.2. The van der Waals surface area contributed by atoms with Crippen LogP contribution < -0.4 is 5.32 Å². The van der Waals surface area contributed by atoms with Crippen LogP contribution >= 0.6 is 34.8 Å². The van der Waals surface area contributed by atoms with Crippen LogP contribution in [0.25, 0.3) is 0 Å². The maximum atomic E-state index is 12.2. The van der Waals surface area contributed by atoms with Gasteiger partial charge in [0.1, 0.15) is 0 Å². The van der Waals surface area contributed by atoms with Crippen LogP contribution in [0.2, 0.25) is 15.1 Å². The van der Waals surface area contributed by atoms with E-state index < -0.39 is 15.9 Å². The van der Waals surface area contributed by atoms with Gasteiger partial charge >= 0.3 is 0 Å². The maximum Gasteiger partial charge on any atom is 0.239 e. The van der Waals surface area contributed by atoms with Gasteiger partial charge in [0, 0.05) is 17.3 Å². The molecule has 9 heteroatoms. The van der Waals surface area contributed by atoms with E-state index in [1.807, 2.05) is 0 Å². The Morgan fingerprint density at radius 2 is 1.72 bits per heavy atom. The van der Waals surface area contributed by atoms with Crippen molar-refractivity contribution in [2.75, 3.05) is 18.1 Å². The van der Waals surface area contributed by atoms with Crippen molar-refractivity contribution in [1.82, 2.24) is 4.31 Å². The molecule has 0 fully saturated rings. The van der Waals surface area contributed by atoms with Crippen molar-refractivity contribution in [1.29, 1.82) is 0 Å². The van der Waals surface area contributed by atoms with Crippen LogP contribution in [-0.4, -0.2) is 31.4 Å². The summed E-state index contributed by atoms with van der Waals surface area (Å²) in [5.74, 6) is -0.504. The van der Waals surface area contributed by atoms with Gasteiger partial charge in [-0.2, -0.15) is 4.31 Å². The predicted molar refractivity (Wildman–Crippen MR) is 102 cm³/mol. The van der Waals surface area contributed by atoms with Gasteiger partial charge in [0.25, 0.3) is 0 Å².